The molecule has 8 nitrogen and oxygen atoms in total. The monoisotopic (exact) mass is 480 g/mol. The highest BCUT2D eigenvalue weighted by Crippen LogP contribution is 2.35. The highest BCUT2D eigenvalue weighted by atomic mass is 32.2. The molecular weight excluding hydrogens is 452 g/mol. The number of likely N-dealkylation sites (tertiary alicyclic amines) is 1. The summed E-state index contributed by atoms with van der Waals surface area (Å²) in [5, 5.41) is 4.11. The summed E-state index contributed by atoms with van der Waals surface area (Å²) in [5.74, 6) is 0.518. The lowest BCUT2D eigenvalue weighted by atomic mass is 9.97. The SMILES string of the molecule is Cc1ccc(S(=O)(=O)N2CCC[C@@H](C(=O)N3CCC[C@H]3c3nc(-c4ccccc4)no3)C2)cc1. The Hall–Kier alpha value is -3.04. The van der Waals surface area contributed by atoms with Gasteiger partial charge in [0.25, 0.3) is 0 Å². The molecule has 0 bridgehead atoms. The molecule has 3 heterocycles. The second-order valence-corrected chi connectivity index (χ2v) is 11.0. The van der Waals surface area contributed by atoms with Crippen molar-refractivity contribution in [3.63, 3.8) is 0 Å². The molecule has 0 unspecified atom stereocenters. The Morgan fingerprint density at radius 3 is 2.50 bits per heavy atom. The number of sulfonamides is 1. The molecule has 1 aromatic heterocycles. The summed E-state index contributed by atoms with van der Waals surface area (Å²) >= 11 is 0. The zero-order valence-corrected chi connectivity index (χ0v) is 19.9. The van der Waals surface area contributed by atoms with Gasteiger partial charge in [0.15, 0.2) is 0 Å². The number of aryl methyl sites for hydroxylation is 1. The first-order chi connectivity index (χ1) is 16.4. The van der Waals surface area contributed by atoms with Gasteiger partial charge in [0, 0.05) is 25.2 Å². The number of aromatic nitrogens is 2. The molecule has 34 heavy (non-hydrogen) atoms. The summed E-state index contributed by atoms with van der Waals surface area (Å²) in [7, 11) is -3.64. The highest BCUT2D eigenvalue weighted by Gasteiger charge is 2.40. The third-order valence-electron chi connectivity index (χ3n) is 6.69. The van der Waals surface area contributed by atoms with E-state index in [1.54, 1.807) is 29.2 Å². The van der Waals surface area contributed by atoms with Gasteiger partial charge in [0.05, 0.1) is 10.8 Å². The second kappa shape index (κ2) is 9.31. The molecule has 3 aromatic rings. The molecule has 2 aliphatic rings. The van der Waals surface area contributed by atoms with E-state index in [1.165, 1.54) is 4.31 Å². The van der Waals surface area contributed by atoms with Crippen molar-refractivity contribution in [3.8, 4) is 11.4 Å². The number of amides is 1. The molecular formula is C25H28N4O4S. The minimum absolute atomic E-state index is 0.0363. The van der Waals surface area contributed by atoms with Crippen LogP contribution in [0.2, 0.25) is 0 Å². The average molecular weight is 481 g/mol. The van der Waals surface area contributed by atoms with Crippen molar-refractivity contribution in [2.75, 3.05) is 19.6 Å². The van der Waals surface area contributed by atoms with E-state index in [0.717, 1.165) is 24.0 Å². The largest absolute Gasteiger partial charge is 0.337 e. The van der Waals surface area contributed by atoms with E-state index >= 15 is 0 Å². The minimum Gasteiger partial charge on any atom is -0.337 e. The Labute approximate surface area is 199 Å². The average Bonchev–Trinajstić information content (AvgIpc) is 3.54. The second-order valence-electron chi connectivity index (χ2n) is 9.03. The summed E-state index contributed by atoms with van der Waals surface area (Å²) in [6.45, 7) is 3.14. The Morgan fingerprint density at radius 2 is 1.74 bits per heavy atom. The zero-order chi connectivity index (χ0) is 23.7. The number of hydrogen-bond donors (Lipinski definition) is 0. The Kier molecular flexibility index (Phi) is 6.22. The number of rotatable bonds is 5. The topological polar surface area (TPSA) is 96.6 Å². The summed E-state index contributed by atoms with van der Waals surface area (Å²) in [6.07, 6.45) is 2.91. The molecule has 0 saturated carbocycles. The predicted molar refractivity (Wildman–Crippen MR) is 126 cm³/mol. The van der Waals surface area contributed by atoms with Crippen LogP contribution < -0.4 is 0 Å². The van der Waals surface area contributed by atoms with Gasteiger partial charge in [-0.1, -0.05) is 53.2 Å². The first-order valence-corrected chi connectivity index (χ1v) is 13.1. The third kappa shape index (κ3) is 4.37. The molecule has 2 atom stereocenters. The molecule has 0 radical (unpaired) electrons. The molecule has 178 valence electrons. The lowest BCUT2D eigenvalue weighted by Gasteiger charge is -2.34. The summed E-state index contributed by atoms with van der Waals surface area (Å²) < 4.78 is 33.4. The molecule has 0 spiro atoms. The molecule has 0 aliphatic carbocycles. The number of piperidine rings is 1. The van der Waals surface area contributed by atoms with E-state index in [4.69, 9.17) is 4.52 Å². The van der Waals surface area contributed by atoms with E-state index in [1.807, 2.05) is 37.3 Å². The maximum absolute atomic E-state index is 13.5. The van der Waals surface area contributed by atoms with Crippen molar-refractivity contribution in [2.24, 2.45) is 5.92 Å². The van der Waals surface area contributed by atoms with Crippen molar-refractivity contribution in [1.82, 2.24) is 19.3 Å². The Morgan fingerprint density at radius 1 is 1.00 bits per heavy atom. The minimum atomic E-state index is -3.64. The van der Waals surface area contributed by atoms with E-state index in [2.05, 4.69) is 10.1 Å². The van der Waals surface area contributed by atoms with Crippen molar-refractivity contribution >= 4 is 15.9 Å². The van der Waals surface area contributed by atoms with E-state index in [9.17, 15) is 13.2 Å². The fourth-order valence-corrected chi connectivity index (χ4v) is 6.34. The third-order valence-corrected chi connectivity index (χ3v) is 8.57. The van der Waals surface area contributed by atoms with Gasteiger partial charge in [0.1, 0.15) is 6.04 Å². The number of nitrogens with zero attached hydrogens (tertiary/aromatic N) is 4. The van der Waals surface area contributed by atoms with Crippen LogP contribution in [0.25, 0.3) is 11.4 Å². The lowest BCUT2D eigenvalue weighted by Crippen LogP contribution is -2.46. The quantitative estimate of drug-likeness (QED) is 0.551. The van der Waals surface area contributed by atoms with Gasteiger partial charge < -0.3 is 9.42 Å². The molecule has 2 aliphatic heterocycles. The van der Waals surface area contributed by atoms with Gasteiger partial charge in [-0.15, -0.1) is 0 Å². The Balaban J connectivity index is 1.32. The number of carbonyl (C=O) groups excluding carboxylic acids is 1. The molecule has 2 aromatic carbocycles. The van der Waals surface area contributed by atoms with Gasteiger partial charge in [-0.2, -0.15) is 9.29 Å². The van der Waals surface area contributed by atoms with Crippen LogP contribution in [0, 0.1) is 12.8 Å². The fourth-order valence-electron chi connectivity index (χ4n) is 4.82. The standard InChI is InChI=1S/C25H28N4O4S/c1-18-11-13-21(14-12-18)34(31,32)28-15-5-9-20(17-28)25(30)29-16-6-10-22(29)24-26-23(27-33-24)19-7-3-2-4-8-19/h2-4,7-8,11-14,20,22H,5-6,9-10,15-17H2,1H3/t20-,22+/m1/s1. The lowest BCUT2D eigenvalue weighted by molar-refractivity contribution is -0.138. The first-order valence-electron chi connectivity index (χ1n) is 11.7. The molecule has 2 fully saturated rings. The molecule has 2 saturated heterocycles. The maximum atomic E-state index is 13.5. The van der Waals surface area contributed by atoms with Crippen LogP contribution in [0.15, 0.2) is 64.0 Å². The van der Waals surface area contributed by atoms with Gasteiger partial charge in [-0.3, -0.25) is 4.79 Å². The Bertz CT molecular complexity index is 1260. The van der Waals surface area contributed by atoms with E-state index < -0.39 is 10.0 Å². The first kappa shape index (κ1) is 22.7. The van der Waals surface area contributed by atoms with E-state index in [0.29, 0.717) is 37.6 Å². The molecule has 0 N–H and O–H groups in total. The van der Waals surface area contributed by atoms with Crippen molar-refractivity contribution in [1.29, 1.82) is 0 Å². The number of benzene rings is 2. The van der Waals surface area contributed by atoms with Gasteiger partial charge >= 0.3 is 0 Å². The zero-order valence-electron chi connectivity index (χ0n) is 19.1. The van der Waals surface area contributed by atoms with Crippen LogP contribution in [-0.4, -0.2) is 53.3 Å². The van der Waals surface area contributed by atoms with Crippen LogP contribution in [0.4, 0.5) is 0 Å². The van der Waals surface area contributed by atoms with Crippen LogP contribution >= 0.6 is 0 Å². The number of hydrogen-bond acceptors (Lipinski definition) is 6. The summed E-state index contributed by atoms with van der Waals surface area (Å²) in [4.78, 5) is 20.2. The van der Waals surface area contributed by atoms with Gasteiger partial charge in [-0.25, -0.2) is 8.42 Å². The smallest absolute Gasteiger partial charge is 0.249 e. The van der Waals surface area contributed by atoms with Gasteiger partial charge in [0.2, 0.25) is 27.6 Å². The van der Waals surface area contributed by atoms with Crippen molar-refractivity contribution in [3.05, 3.63) is 66.1 Å². The van der Waals surface area contributed by atoms with E-state index in [-0.39, 0.29) is 29.3 Å². The summed E-state index contributed by atoms with van der Waals surface area (Å²) in [5.41, 5.74) is 1.86. The predicted octanol–water partition coefficient (Wildman–Crippen LogP) is 3.81. The molecule has 5 rings (SSSR count). The molecule has 9 heteroatoms. The highest BCUT2D eigenvalue weighted by molar-refractivity contribution is 7.89. The molecule has 1 amide bonds. The van der Waals surface area contributed by atoms with Crippen LogP contribution in [0.3, 0.4) is 0 Å². The summed E-state index contributed by atoms with van der Waals surface area (Å²) in [6, 6.07) is 16.2. The van der Waals surface area contributed by atoms with Crippen LogP contribution in [0.5, 0.6) is 0 Å². The number of carbonyl (C=O) groups is 1. The van der Waals surface area contributed by atoms with Crippen LogP contribution in [-0.2, 0) is 14.8 Å². The van der Waals surface area contributed by atoms with Gasteiger partial charge in [-0.05, 0) is 44.7 Å². The normalized spacial score (nSPS) is 21.6. The fraction of sp³-hybridized carbons (Fsp3) is 0.400. The maximum Gasteiger partial charge on any atom is 0.249 e. The van der Waals surface area contributed by atoms with Crippen molar-refractivity contribution < 1.29 is 17.7 Å². The van der Waals surface area contributed by atoms with Crippen molar-refractivity contribution in [2.45, 2.75) is 43.5 Å². The van der Waals surface area contributed by atoms with Crippen LogP contribution in [0.1, 0.15) is 43.2 Å².